The van der Waals surface area contributed by atoms with Gasteiger partial charge in [-0.15, -0.1) is 6.58 Å². The molecule has 0 radical (unpaired) electrons. The first-order valence-electron chi connectivity index (χ1n) is 20.9. The van der Waals surface area contributed by atoms with Crippen LogP contribution in [-0.2, 0) is 6.42 Å². The number of nitrogens with one attached hydrogen (secondary N) is 5. The van der Waals surface area contributed by atoms with Crippen LogP contribution in [0.5, 0.6) is 0 Å². The van der Waals surface area contributed by atoms with Gasteiger partial charge in [-0.2, -0.15) is 0 Å². The molecule has 2 unspecified atom stereocenters. The molecule has 2 atom stereocenters. The number of anilines is 2. The fourth-order valence-corrected chi connectivity index (χ4v) is 8.10. The van der Waals surface area contributed by atoms with E-state index in [2.05, 4.69) is 128 Å². The molecule has 0 amide bonds. The van der Waals surface area contributed by atoms with Crippen LogP contribution in [0.1, 0.15) is 92.4 Å². The number of hydrogen-bond donors (Lipinski definition) is 6. The molecule has 0 fully saturated rings. The van der Waals surface area contributed by atoms with Crippen molar-refractivity contribution in [2.75, 3.05) is 50.3 Å². The van der Waals surface area contributed by atoms with Crippen molar-refractivity contribution in [3.63, 3.8) is 0 Å². The average molecular weight is 789 g/mol. The SMILES string of the molecule is C=CNC(=C)C(CCC)n1c(=C)c2cccc(NCCCCCC(=C)NCCN(CC)CCNC(=C)c3c(C)[nH]c(CC(C=C)c4cc(F)ccc4N)c3C)c2c1=C. The van der Waals surface area contributed by atoms with Gasteiger partial charge < -0.3 is 41.5 Å². The monoisotopic (exact) mass is 789 g/mol. The van der Waals surface area contributed by atoms with Crippen LogP contribution in [0.25, 0.3) is 29.6 Å². The second-order valence-corrected chi connectivity index (χ2v) is 15.3. The van der Waals surface area contributed by atoms with E-state index in [4.69, 9.17) is 5.73 Å². The van der Waals surface area contributed by atoms with E-state index in [1.54, 1.807) is 12.3 Å². The third-order valence-electron chi connectivity index (χ3n) is 11.3. The smallest absolute Gasteiger partial charge is 0.123 e. The molecule has 0 aliphatic rings. The summed E-state index contributed by atoms with van der Waals surface area (Å²) < 4.78 is 16.3. The quantitative estimate of drug-likeness (QED) is 0.0205. The number of nitrogen functional groups attached to an aromatic ring is 1. The van der Waals surface area contributed by atoms with Crippen LogP contribution in [0.4, 0.5) is 15.8 Å². The van der Waals surface area contributed by atoms with Gasteiger partial charge in [0.1, 0.15) is 5.82 Å². The lowest BCUT2D eigenvalue weighted by Crippen LogP contribution is -2.36. The van der Waals surface area contributed by atoms with Crippen molar-refractivity contribution in [3.8, 4) is 0 Å². The lowest BCUT2D eigenvalue weighted by atomic mass is 9.91. The summed E-state index contributed by atoms with van der Waals surface area (Å²) in [5.74, 6) is -0.410. The van der Waals surface area contributed by atoms with Gasteiger partial charge in [0.25, 0.3) is 0 Å². The number of fused-ring (bicyclic) bond motifs is 1. The highest BCUT2D eigenvalue weighted by Crippen LogP contribution is 2.31. The lowest BCUT2D eigenvalue weighted by Gasteiger charge is -2.22. The first kappa shape index (κ1) is 45.3. The van der Waals surface area contributed by atoms with E-state index in [1.165, 1.54) is 12.1 Å². The molecule has 0 saturated heterocycles. The summed E-state index contributed by atoms with van der Waals surface area (Å²) in [5, 5.41) is 18.2. The average Bonchev–Trinajstić information content (AvgIpc) is 3.63. The molecule has 58 heavy (non-hydrogen) atoms. The zero-order chi connectivity index (χ0) is 42.4. The van der Waals surface area contributed by atoms with Crippen LogP contribution >= 0.6 is 0 Å². The minimum atomic E-state index is -0.299. The number of allylic oxidation sites excluding steroid dienone is 3. The highest BCUT2D eigenvalue weighted by atomic mass is 19.1. The molecule has 0 spiro atoms. The minimum absolute atomic E-state index is 0.0525. The number of nitrogens with zero attached hydrogens (tertiary/aromatic N) is 2. The Morgan fingerprint density at radius 1 is 0.966 bits per heavy atom. The van der Waals surface area contributed by atoms with Gasteiger partial charge >= 0.3 is 0 Å². The lowest BCUT2D eigenvalue weighted by molar-refractivity contribution is 0.293. The maximum Gasteiger partial charge on any atom is 0.123 e. The molecule has 0 aliphatic carbocycles. The van der Waals surface area contributed by atoms with Crippen molar-refractivity contribution in [2.45, 2.75) is 84.6 Å². The molecule has 4 rings (SSSR count). The van der Waals surface area contributed by atoms with Gasteiger partial charge in [-0.3, -0.25) is 0 Å². The molecular formula is C49H69FN8. The first-order valence-corrected chi connectivity index (χ1v) is 20.9. The van der Waals surface area contributed by atoms with E-state index in [9.17, 15) is 4.39 Å². The number of aromatic amines is 1. The third kappa shape index (κ3) is 11.4. The molecule has 4 aromatic rings. The number of aromatic nitrogens is 2. The van der Waals surface area contributed by atoms with Gasteiger partial charge in [-0.25, -0.2) is 4.39 Å². The number of hydrogen-bond acceptors (Lipinski definition) is 6. The van der Waals surface area contributed by atoms with Gasteiger partial charge in [0.05, 0.1) is 6.04 Å². The fraction of sp³-hybridized carbons (Fsp3) is 0.388. The number of rotatable bonds is 27. The van der Waals surface area contributed by atoms with E-state index in [0.717, 1.165) is 150 Å². The highest BCUT2D eigenvalue weighted by molar-refractivity contribution is 5.94. The van der Waals surface area contributed by atoms with Crippen molar-refractivity contribution < 1.29 is 4.39 Å². The number of nitrogens with two attached hydrogens (primary N) is 1. The fourth-order valence-electron chi connectivity index (χ4n) is 8.10. The zero-order valence-corrected chi connectivity index (χ0v) is 35.8. The largest absolute Gasteiger partial charge is 0.398 e. The summed E-state index contributed by atoms with van der Waals surface area (Å²) in [7, 11) is 0. The molecule has 8 nitrogen and oxygen atoms in total. The van der Waals surface area contributed by atoms with Gasteiger partial charge in [0.2, 0.25) is 0 Å². The predicted octanol–water partition coefficient (Wildman–Crippen LogP) is 8.89. The Kier molecular flexibility index (Phi) is 17.1. The Labute approximate surface area is 347 Å². The topological polar surface area (TPSA) is 98.1 Å². The first-order chi connectivity index (χ1) is 27.9. The predicted molar refractivity (Wildman–Crippen MR) is 250 cm³/mol. The summed E-state index contributed by atoms with van der Waals surface area (Å²) in [6.07, 6.45) is 10.3. The summed E-state index contributed by atoms with van der Waals surface area (Å²) in [4.78, 5) is 5.97. The summed E-state index contributed by atoms with van der Waals surface area (Å²) in [6.45, 7) is 43.6. The standard InChI is InChI=1S/C49H69FN8/c1-12-20-47(35(7)52-14-3)58-38(10)42-22-19-23-45(49(42)39(58)11)55-26-18-16-17-21-33(5)53-27-29-57(15-4)30-28-54-36(8)48-34(6)46(56-37(48)9)31-40(13-2)43-32-41(50)24-25-44(43)51/h13-14,19,22-25,32,40,47,52-56H,2-3,5,7-8,10-12,15-18,20-21,26-31,51H2,1,4,6,9H3. The number of benzene rings is 2. The Balaban J connectivity index is 1.17. The van der Waals surface area contributed by atoms with Gasteiger partial charge in [-0.1, -0.05) is 84.4 Å². The van der Waals surface area contributed by atoms with E-state index in [1.807, 2.05) is 6.08 Å². The molecule has 0 saturated carbocycles. The number of H-pyrrole nitrogens is 1. The molecule has 0 aliphatic heterocycles. The van der Waals surface area contributed by atoms with Crippen molar-refractivity contribution >= 4 is 41.0 Å². The Bertz CT molecular complexity index is 2160. The Morgan fingerprint density at radius 3 is 2.40 bits per heavy atom. The van der Waals surface area contributed by atoms with Crippen LogP contribution in [0, 0.1) is 19.7 Å². The summed E-state index contributed by atoms with van der Waals surface area (Å²) >= 11 is 0. The van der Waals surface area contributed by atoms with Crippen LogP contribution in [0.15, 0.2) is 93.0 Å². The van der Waals surface area contributed by atoms with Crippen molar-refractivity contribution in [3.05, 3.63) is 138 Å². The molecule has 7 N–H and O–H groups in total. The third-order valence-corrected chi connectivity index (χ3v) is 11.3. The van der Waals surface area contributed by atoms with Gasteiger partial charge in [-0.05, 0) is 94.1 Å². The number of likely N-dealkylation sites (N-methyl/N-ethyl adjacent to an activating group) is 1. The molecule has 9 heteroatoms. The van der Waals surface area contributed by atoms with Crippen LogP contribution < -0.4 is 37.7 Å². The maximum absolute atomic E-state index is 14.0. The number of halogens is 1. The highest BCUT2D eigenvalue weighted by Gasteiger charge is 2.21. The molecule has 2 aromatic carbocycles. The molecule has 0 bridgehead atoms. The second kappa shape index (κ2) is 21.9. The minimum Gasteiger partial charge on any atom is -0.398 e. The maximum atomic E-state index is 14.0. The summed E-state index contributed by atoms with van der Waals surface area (Å²) in [5.41, 5.74) is 15.8. The number of aryl methyl sites for hydroxylation is 1. The molecule has 2 heterocycles. The van der Waals surface area contributed by atoms with Crippen LogP contribution in [-0.4, -0.2) is 53.7 Å². The van der Waals surface area contributed by atoms with Gasteiger partial charge in [0.15, 0.2) is 0 Å². The Morgan fingerprint density at radius 2 is 1.71 bits per heavy atom. The van der Waals surface area contributed by atoms with Crippen LogP contribution in [0.3, 0.4) is 0 Å². The summed E-state index contributed by atoms with van der Waals surface area (Å²) in [6, 6.07) is 10.9. The van der Waals surface area contributed by atoms with Crippen molar-refractivity contribution in [1.82, 2.24) is 30.4 Å². The van der Waals surface area contributed by atoms with Crippen LogP contribution in [0.2, 0.25) is 0 Å². The molecule has 2 aromatic heterocycles. The van der Waals surface area contributed by atoms with E-state index in [-0.39, 0.29) is 17.8 Å². The van der Waals surface area contributed by atoms with Crippen molar-refractivity contribution in [2.24, 2.45) is 0 Å². The normalized spacial score (nSPS) is 12.3. The van der Waals surface area contributed by atoms with Crippen molar-refractivity contribution in [1.29, 1.82) is 0 Å². The van der Waals surface area contributed by atoms with E-state index in [0.29, 0.717) is 12.1 Å². The molecule has 312 valence electrons. The zero-order valence-electron chi connectivity index (χ0n) is 35.8. The van der Waals surface area contributed by atoms with E-state index >= 15 is 0 Å². The molecular weight excluding hydrogens is 720 g/mol. The second-order valence-electron chi connectivity index (χ2n) is 15.3. The van der Waals surface area contributed by atoms with Gasteiger partial charge in [0, 0.05) is 106 Å². The Hall–Kier alpha value is -5.41. The van der Waals surface area contributed by atoms with E-state index < -0.39 is 0 Å². The number of unbranched alkanes of at least 4 members (excludes halogenated alkanes) is 2.